The molecule has 0 saturated carbocycles. The minimum atomic E-state index is -3.54. The number of hydrogen-bond acceptors (Lipinski definition) is 7. The lowest BCUT2D eigenvalue weighted by molar-refractivity contribution is -0.131. The van der Waals surface area contributed by atoms with Gasteiger partial charge >= 0.3 is 6.09 Å². The van der Waals surface area contributed by atoms with Gasteiger partial charge in [-0.15, -0.1) is 0 Å². The molecule has 6 atom stereocenters. The van der Waals surface area contributed by atoms with Crippen LogP contribution in [0.3, 0.4) is 0 Å². The lowest BCUT2D eigenvalue weighted by Crippen LogP contribution is -2.56. The van der Waals surface area contributed by atoms with Gasteiger partial charge in [-0.2, -0.15) is 0 Å². The molecule has 0 aliphatic carbocycles. The number of carboxylic acid groups (broad SMARTS) is 1. The fourth-order valence-corrected chi connectivity index (χ4v) is 6.50. The van der Waals surface area contributed by atoms with E-state index < -0.39 is 63.3 Å². The Balaban J connectivity index is 1.52. The summed E-state index contributed by atoms with van der Waals surface area (Å²) < 4.78 is 29.6. The van der Waals surface area contributed by atoms with Gasteiger partial charge in [-0.25, -0.2) is 13.2 Å². The monoisotopic (exact) mass is 602 g/mol. The maximum Gasteiger partial charge on any atom is 0.405 e. The third kappa shape index (κ3) is 7.97. The van der Waals surface area contributed by atoms with Crippen LogP contribution < -0.4 is 21.3 Å². The molecule has 0 spiro atoms. The summed E-state index contributed by atoms with van der Waals surface area (Å²) in [6.07, 6.45) is -0.130. The van der Waals surface area contributed by atoms with Gasteiger partial charge in [-0.3, -0.25) is 14.4 Å². The summed E-state index contributed by atoms with van der Waals surface area (Å²) in [5, 5.41) is 21.9. The number of rotatable bonds is 13. The zero-order valence-electron chi connectivity index (χ0n) is 23.8. The number of sulfone groups is 1. The van der Waals surface area contributed by atoms with Crippen molar-refractivity contribution in [1.29, 1.82) is 0 Å². The van der Waals surface area contributed by atoms with Gasteiger partial charge in [0.15, 0.2) is 15.3 Å². The Kier molecular flexibility index (Phi) is 9.72. The molecule has 13 heteroatoms. The molecule has 4 amide bonds. The summed E-state index contributed by atoms with van der Waals surface area (Å²) in [7, 11) is -3.54. The average Bonchev–Trinajstić information content (AvgIpc) is 3.64. The van der Waals surface area contributed by atoms with E-state index in [-0.39, 0.29) is 31.1 Å². The van der Waals surface area contributed by atoms with E-state index >= 15 is 0 Å². The topological polar surface area (TPSA) is 183 Å². The van der Waals surface area contributed by atoms with E-state index in [0.717, 1.165) is 22.6 Å². The molecule has 2 aliphatic heterocycles. The van der Waals surface area contributed by atoms with Crippen LogP contribution in [0.1, 0.15) is 38.7 Å². The smallest absolute Gasteiger partial charge is 0.405 e. The van der Waals surface area contributed by atoms with Crippen molar-refractivity contribution < 1.29 is 37.4 Å². The Labute approximate surface area is 244 Å². The highest BCUT2D eigenvalue weighted by Crippen LogP contribution is 2.33. The number of fused-ring (bicyclic) bond motifs is 1. The van der Waals surface area contributed by atoms with Crippen molar-refractivity contribution >= 4 is 44.4 Å². The molecule has 2 aromatic rings. The molecular formula is C29H38N4O8S. The molecule has 2 heterocycles. The summed E-state index contributed by atoms with van der Waals surface area (Å²) in [5.74, 6) is -1.85. The molecule has 0 radical (unpaired) electrons. The Morgan fingerprint density at radius 3 is 2.33 bits per heavy atom. The molecular weight excluding hydrogens is 564 g/mol. The third-order valence-electron chi connectivity index (χ3n) is 7.59. The molecule has 4 rings (SSSR count). The second-order valence-electron chi connectivity index (χ2n) is 11.5. The van der Waals surface area contributed by atoms with Gasteiger partial charge in [0.05, 0.1) is 6.04 Å². The van der Waals surface area contributed by atoms with Crippen LogP contribution in [0.4, 0.5) is 4.79 Å². The van der Waals surface area contributed by atoms with Crippen LogP contribution in [0.2, 0.25) is 0 Å². The fourth-order valence-electron chi connectivity index (χ4n) is 5.50. The Hall–Kier alpha value is -3.71. The van der Waals surface area contributed by atoms with E-state index in [9.17, 15) is 32.7 Å². The summed E-state index contributed by atoms with van der Waals surface area (Å²) in [4.78, 5) is 50.9. The van der Waals surface area contributed by atoms with Crippen LogP contribution >= 0.6 is 0 Å². The molecule has 0 aromatic heterocycles. The van der Waals surface area contributed by atoms with Crippen molar-refractivity contribution in [3.63, 3.8) is 0 Å². The zero-order chi connectivity index (χ0) is 30.6. The molecule has 5 N–H and O–H groups in total. The van der Waals surface area contributed by atoms with Crippen LogP contribution in [-0.2, 0) is 35.4 Å². The SMILES string of the molecule is CC(C)C[C@H](NC(=O)[C@H](Cc1cccc2ccccc12)NC(=O)O)C(=O)N[C@@H](CC1CCNC1=O)C1OC1S(C)(=O)=O. The maximum atomic E-state index is 13.6. The van der Waals surface area contributed by atoms with Gasteiger partial charge in [0.25, 0.3) is 0 Å². The molecule has 228 valence electrons. The number of amides is 4. The predicted octanol–water partition coefficient (Wildman–Crippen LogP) is 1.33. The normalized spacial score (nSPS) is 22.2. The number of epoxide rings is 1. The van der Waals surface area contributed by atoms with Crippen LogP contribution in [0.5, 0.6) is 0 Å². The van der Waals surface area contributed by atoms with E-state index in [1.807, 2.05) is 56.3 Å². The number of nitrogens with one attached hydrogen (secondary N) is 4. The van der Waals surface area contributed by atoms with Crippen molar-refractivity contribution in [3.05, 3.63) is 48.0 Å². The fraction of sp³-hybridized carbons (Fsp3) is 0.517. The largest absolute Gasteiger partial charge is 0.465 e. The van der Waals surface area contributed by atoms with Crippen molar-refractivity contribution in [1.82, 2.24) is 21.3 Å². The molecule has 0 bridgehead atoms. The first-order valence-electron chi connectivity index (χ1n) is 14.0. The number of hydrogen-bond donors (Lipinski definition) is 5. The summed E-state index contributed by atoms with van der Waals surface area (Å²) >= 11 is 0. The first-order chi connectivity index (χ1) is 19.8. The van der Waals surface area contributed by atoms with Crippen molar-refractivity contribution in [2.45, 2.75) is 69.2 Å². The number of benzene rings is 2. The second kappa shape index (κ2) is 13.1. The number of ether oxygens (including phenoxy) is 1. The second-order valence-corrected chi connectivity index (χ2v) is 13.6. The van der Waals surface area contributed by atoms with Crippen molar-refractivity contribution in [2.24, 2.45) is 11.8 Å². The quantitative estimate of drug-likeness (QED) is 0.213. The van der Waals surface area contributed by atoms with Gasteiger partial charge in [0.2, 0.25) is 17.7 Å². The molecule has 2 aromatic carbocycles. The highest BCUT2D eigenvalue weighted by Gasteiger charge is 2.53. The lowest BCUT2D eigenvalue weighted by atomic mass is 9.95. The zero-order valence-corrected chi connectivity index (χ0v) is 24.6. The third-order valence-corrected chi connectivity index (χ3v) is 8.81. The molecule has 12 nitrogen and oxygen atoms in total. The maximum absolute atomic E-state index is 13.6. The van der Waals surface area contributed by atoms with Crippen LogP contribution in [0.15, 0.2) is 42.5 Å². The Morgan fingerprint density at radius 2 is 1.71 bits per heavy atom. The van der Waals surface area contributed by atoms with Crippen LogP contribution in [-0.4, -0.2) is 79.8 Å². The summed E-state index contributed by atoms with van der Waals surface area (Å²) in [6, 6.07) is 10.1. The van der Waals surface area contributed by atoms with Crippen LogP contribution in [0, 0.1) is 11.8 Å². The van der Waals surface area contributed by atoms with E-state index in [0.29, 0.717) is 13.0 Å². The summed E-state index contributed by atoms with van der Waals surface area (Å²) in [5.41, 5.74) is -0.324. The van der Waals surface area contributed by atoms with Gasteiger partial charge in [-0.05, 0) is 41.5 Å². The van der Waals surface area contributed by atoms with Gasteiger partial charge in [-0.1, -0.05) is 56.3 Å². The molecule has 42 heavy (non-hydrogen) atoms. The standard InChI is InChI=1S/C29H38N4O8S/c1-16(2)13-22(26(35)31-21(15-19-11-12-30-25(19)34)24-28(41-24)42(3,39)40)32-27(36)23(33-29(37)38)14-18-9-6-8-17-7-4-5-10-20(17)18/h4-10,16,19,21-24,28,33H,11-15H2,1-3H3,(H,30,34)(H,31,35)(H,32,36)(H,37,38)/t19?,21-,22-,23-,24?,28?/m0/s1. The summed E-state index contributed by atoms with van der Waals surface area (Å²) in [6.45, 7) is 4.24. The van der Waals surface area contributed by atoms with E-state index in [2.05, 4.69) is 21.3 Å². The van der Waals surface area contributed by atoms with Crippen molar-refractivity contribution in [3.8, 4) is 0 Å². The predicted molar refractivity (Wildman–Crippen MR) is 155 cm³/mol. The van der Waals surface area contributed by atoms with E-state index in [1.54, 1.807) is 0 Å². The Bertz CT molecular complexity index is 1440. The minimum absolute atomic E-state index is 0.0231. The molecule has 2 aliphatic rings. The highest BCUT2D eigenvalue weighted by molar-refractivity contribution is 7.91. The first kappa shape index (κ1) is 31.2. The minimum Gasteiger partial charge on any atom is -0.465 e. The van der Waals surface area contributed by atoms with E-state index in [4.69, 9.17) is 4.74 Å². The first-order valence-corrected chi connectivity index (χ1v) is 16.0. The van der Waals surface area contributed by atoms with Crippen LogP contribution in [0.25, 0.3) is 10.8 Å². The number of carbonyl (C=O) groups is 4. The van der Waals surface area contributed by atoms with Gasteiger partial charge in [0, 0.05) is 25.1 Å². The molecule has 2 fully saturated rings. The lowest BCUT2D eigenvalue weighted by Gasteiger charge is -2.26. The van der Waals surface area contributed by atoms with E-state index in [1.165, 1.54) is 0 Å². The van der Waals surface area contributed by atoms with Crippen molar-refractivity contribution in [2.75, 3.05) is 12.8 Å². The van der Waals surface area contributed by atoms with Gasteiger partial charge < -0.3 is 31.1 Å². The average molecular weight is 603 g/mol. The molecule has 3 unspecified atom stereocenters. The highest BCUT2D eigenvalue weighted by atomic mass is 32.2. The molecule has 2 saturated heterocycles. The van der Waals surface area contributed by atoms with Gasteiger partial charge in [0.1, 0.15) is 18.2 Å². The Morgan fingerprint density at radius 1 is 1.02 bits per heavy atom. The number of carbonyl (C=O) groups excluding carboxylic acids is 3.